The lowest BCUT2D eigenvalue weighted by Crippen LogP contribution is -2.31. The Morgan fingerprint density at radius 3 is 2.17 bits per heavy atom. The third kappa shape index (κ3) is 6.58. The molecular formula is C9H23N3. The van der Waals surface area contributed by atoms with Crippen LogP contribution in [0.4, 0.5) is 0 Å². The van der Waals surface area contributed by atoms with Gasteiger partial charge in [-0.05, 0) is 40.2 Å². The first-order chi connectivity index (χ1) is 5.70. The minimum Gasteiger partial charge on any atom is -0.329 e. The predicted octanol–water partition coefficient (Wildman–Crippen LogP) is 0.219. The van der Waals surface area contributed by atoms with Gasteiger partial charge in [0.2, 0.25) is 0 Å². The van der Waals surface area contributed by atoms with Crippen LogP contribution >= 0.6 is 0 Å². The molecule has 0 aliphatic rings. The molecule has 12 heavy (non-hydrogen) atoms. The molecule has 0 spiro atoms. The fourth-order valence-electron chi connectivity index (χ4n) is 1.22. The van der Waals surface area contributed by atoms with Crippen LogP contribution in [0.25, 0.3) is 0 Å². The SMILES string of the molecule is CCN(CCN)CCCN(C)C. The molecule has 0 bridgehead atoms. The lowest BCUT2D eigenvalue weighted by atomic mass is 10.3. The molecule has 0 saturated carbocycles. The molecule has 0 fully saturated rings. The van der Waals surface area contributed by atoms with Crippen molar-refractivity contribution < 1.29 is 0 Å². The van der Waals surface area contributed by atoms with Crippen LogP contribution < -0.4 is 5.73 Å². The van der Waals surface area contributed by atoms with E-state index in [0.717, 1.165) is 19.6 Å². The molecule has 0 aromatic heterocycles. The van der Waals surface area contributed by atoms with Crippen LogP contribution in [-0.2, 0) is 0 Å². The molecule has 0 atom stereocenters. The second-order valence-electron chi connectivity index (χ2n) is 3.38. The predicted molar refractivity (Wildman–Crippen MR) is 54.3 cm³/mol. The van der Waals surface area contributed by atoms with Gasteiger partial charge in [0, 0.05) is 13.1 Å². The quantitative estimate of drug-likeness (QED) is 0.598. The smallest absolute Gasteiger partial charge is 0.0104 e. The Morgan fingerprint density at radius 2 is 1.75 bits per heavy atom. The lowest BCUT2D eigenvalue weighted by Gasteiger charge is -2.20. The van der Waals surface area contributed by atoms with E-state index in [4.69, 9.17) is 5.73 Å². The first-order valence-corrected chi connectivity index (χ1v) is 4.77. The van der Waals surface area contributed by atoms with Crippen molar-refractivity contribution in [2.75, 3.05) is 46.8 Å². The molecule has 0 amide bonds. The van der Waals surface area contributed by atoms with Crippen LogP contribution in [0.5, 0.6) is 0 Å². The topological polar surface area (TPSA) is 32.5 Å². The van der Waals surface area contributed by atoms with Gasteiger partial charge in [-0.25, -0.2) is 0 Å². The van der Waals surface area contributed by atoms with Crippen LogP contribution in [-0.4, -0.2) is 56.6 Å². The molecule has 0 unspecified atom stereocenters. The van der Waals surface area contributed by atoms with E-state index in [9.17, 15) is 0 Å². The van der Waals surface area contributed by atoms with Crippen LogP contribution in [0.1, 0.15) is 13.3 Å². The number of nitrogens with zero attached hydrogens (tertiary/aromatic N) is 2. The summed E-state index contributed by atoms with van der Waals surface area (Å²) < 4.78 is 0. The zero-order valence-electron chi connectivity index (χ0n) is 8.71. The molecule has 0 aromatic rings. The summed E-state index contributed by atoms with van der Waals surface area (Å²) in [6, 6.07) is 0. The van der Waals surface area contributed by atoms with Crippen molar-refractivity contribution in [2.45, 2.75) is 13.3 Å². The molecule has 0 saturated heterocycles. The van der Waals surface area contributed by atoms with Crippen LogP contribution in [0, 0.1) is 0 Å². The Balaban J connectivity index is 3.31. The Hall–Kier alpha value is -0.120. The van der Waals surface area contributed by atoms with E-state index >= 15 is 0 Å². The highest BCUT2D eigenvalue weighted by molar-refractivity contribution is 4.56. The van der Waals surface area contributed by atoms with Gasteiger partial charge >= 0.3 is 0 Å². The number of rotatable bonds is 7. The average Bonchev–Trinajstić information content (AvgIpc) is 2.02. The third-order valence-electron chi connectivity index (χ3n) is 1.97. The summed E-state index contributed by atoms with van der Waals surface area (Å²) in [5.41, 5.74) is 5.48. The van der Waals surface area contributed by atoms with Crippen molar-refractivity contribution in [1.29, 1.82) is 0 Å². The van der Waals surface area contributed by atoms with Crippen molar-refractivity contribution in [1.82, 2.24) is 9.80 Å². The lowest BCUT2D eigenvalue weighted by molar-refractivity contribution is 0.272. The summed E-state index contributed by atoms with van der Waals surface area (Å²) in [5.74, 6) is 0. The first-order valence-electron chi connectivity index (χ1n) is 4.77. The Labute approximate surface area is 76.5 Å². The minimum absolute atomic E-state index is 0.774. The highest BCUT2D eigenvalue weighted by Crippen LogP contribution is 1.91. The van der Waals surface area contributed by atoms with E-state index in [0.29, 0.717) is 0 Å². The second-order valence-corrected chi connectivity index (χ2v) is 3.38. The van der Waals surface area contributed by atoms with Crippen molar-refractivity contribution in [3.05, 3.63) is 0 Å². The number of likely N-dealkylation sites (N-methyl/N-ethyl adjacent to an activating group) is 1. The zero-order chi connectivity index (χ0) is 9.40. The number of nitrogens with two attached hydrogens (primary N) is 1. The highest BCUT2D eigenvalue weighted by atomic mass is 15.1. The van der Waals surface area contributed by atoms with Crippen molar-refractivity contribution in [3.63, 3.8) is 0 Å². The van der Waals surface area contributed by atoms with Gasteiger partial charge in [-0.2, -0.15) is 0 Å². The van der Waals surface area contributed by atoms with Gasteiger partial charge < -0.3 is 15.5 Å². The average molecular weight is 173 g/mol. The van der Waals surface area contributed by atoms with Gasteiger partial charge in [0.25, 0.3) is 0 Å². The fraction of sp³-hybridized carbons (Fsp3) is 1.00. The maximum Gasteiger partial charge on any atom is 0.0104 e. The van der Waals surface area contributed by atoms with Gasteiger partial charge in [0.15, 0.2) is 0 Å². The summed E-state index contributed by atoms with van der Waals surface area (Å²) in [6.07, 6.45) is 1.24. The number of hydrogen-bond acceptors (Lipinski definition) is 3. The molecule has 74 valence electrons. The van der Waals surface area contributed by atoms with Gasteiger partial charge in [0.1, 0.15) is 0 Å². The second kappa shape index (κ2) is 7.53. The first kappa shape index (κ1) is 11.9. The van der Waals surface area contributed by atoms with E-state index in [-0.39, 0.29) is 0 Å². The van der Waals surface area contributed by atoms with E-state index in [2.05, 4.69) is 30.8 Å². The molecule has 0 aromatic carbocycles. The summed E-state index contributed by atoms with van der Waals surface area (Å²) in [4.78, 5) is 4.61. The van der Waals surface area contributed by atoms with Crippen LogP contribution in [0.15, 0.2) is 0 Å². The van der Waals surface area contributed by atoms with Crippen LogP contribution in [0.2, 0.25) is 0 Å². The van der Waals surface area contributed by atoms with Gasteiger partial charge in [-0.15, -0.1) is 0 Å². The zero-order valence-corrected chi connectivity index (χ0v) is 8.71. The van der Waals surface area contributed by atoms with Crippen LogP contribution in [0.3, 0.4) is 0 Å². The standard InChI is InChI=1S/C9H23N3/c1-4-12(9-6-10)8-5-7-11(2)3/h4-10H2,1-3H3. The summed E-state index contributed by atoms with van der Waals surface area (Å²) in [5, 5.41) is 0. The van der Waals surface area contributed by atoms with Gasteiger partial charge in [0.05, 0.1) is 0 Å². The highest BCUT2D eigenvalue weighted by Gasteiger charge is 1.99. The van der Waals surface area contributed by atoms with Crippen molar-refractivity contribution in [2.24, 2.45) is 5.73 Å². The maximum absolute atomic E-state index is 5.48. The molecule has 0 radical (unpaired) electrons. The molecule has 0 aliphatic carbocycles. The van der Waals surface area contributed by atoms with E-state index < -0.39 is 0 Å². The Morgan fingerprint density at radius 1 is 1.08 bits per heavy atom. The molecule has 0 rings (SSSR count). The minimum atomic E-state index is 0.774. The van der Waals surface area contributed by atoms with E-state index in [1.54, 1.807) is 0 Å². The fourth-order valence-corrected chi connectivity index (χ4v) is 1.22. The Kier molecular flexibility index (Phi) is 7.45. The third-order valence-corrected chi connectivity index (χ3v) is 1.97. The maximum atomic E-state index is 5.48. The van der Waals surface area contributed by atoms with E-state index in [1.807, 2.05) is 0 Å². The van der Waals surface area contributed by atoms with E-state index in [1.165, 1.54) is 19.5 Å². The molecule has 0 aliphatic heterocycles. The van der Waals surface area contributed by atoms with Gasteiger partial charge in [-0.3, -0.25) is 0 Å². The monoisotopic (exact) mass is 173 g/mol. The molecule has 3 heteroatoms. The molecular weight excluding hydrogens is 150 g/mol. The molecule has 3 nitrogen and oxygen atoms in total. The summed E-state index contributed by atoms with van der Waals surface area (Å²) in [6.45, 7) is 7.45. The summed E-state index contributed by atoms with van der Waals surface area (Å²) in [7, 11) is 4.22. The summed E-state index contributed by atoms with van der Waals surface area (Å²) >= 11 is 0. The normalized spacial score (nSPS) is 11.5. The Bertz CT molecular complexity index is 93.8. The largest absolute Gasteiger partial charge is 0.329 e. The van der Waals surface area contributed by atoms with Crippen molar-refractivity contribution in [3.8, 4) is 0 Å². The molecule has 0 heterocycles. The molecule has 2 N–H and O–H groups in total. The van der Waals surface area contributed by atoms with Crippen molar-refractivity contribution >= 4 is 0 Å². The number of hydrogen-bond donors (Lipinski definition) is 1. The van der Waals surface area contributed by atoms with Gasteiger partial charge in [-0.1, -0.05) is 6.92 Å².